The molecule has 0 atom stereocenters. The largest absolute Gasteiger partial charge is 0.325 e. The first kappa shape index (κ1) is 40.0. The first-order chi connectivity index (χ1) is 26.1. The third-order valence-electron chi connectivity index (χ3n) is 8.62. The number of sulfonamides is 1. The molecular formula is C34H35ClF4N10O4S2. The predicted octanol–water partition coefficient (Wildman–Crippen LogP) is 5.69. The Hall–Kier alpha value is -4.63. The number of rotatable bonds is 10. The molecule has 0 spiro atoms. The normalized spacial score (nSPS) is 14.4. The summed E-state index contributed by atoms with van der Waals surface area (Å²) in [6.07, 6.45) is 6.95. The quantitative estimate of drug-likeness (QED) is 0.127. The van der Waals surface area contributed by atoms with Gasteiger partial charge < -0.3 is 14.9 Å². The number of hydrogen-bond donors (Lipinski definition) is 2. The third-order valence-corrected chi connectivity index (χ3v) is 11.3. The second kappa shape index (κ2) is 16.2. The molecule has 0 amide bonds. The fraction of sp³-hybridized carbons (Fsp3) is 0.353. The summed E-state index contributed by atoms with van der Waals surface area (Å²) in [5.74, 6) is -2.47. The maximum atomic E-state index is 13.7. The summed E-state index contributed by atoms with van der Waals surface area (Å²) in [6.45, 7) is 3.31. The Morgan fingerprint density at radius 2 is 1.13 bits per heavy atom. The first-order valence-corrected chi connectivity index (χ1v) is 21.2. The summed E-state index contributed by atoms with van der Waals surface area (Å²) in [7, 11) is -1.86. The van der Waals surface area contributed by atoms with Crippen LogP contribution in [0.4, 0.5) is 17.6 Å². The second-order valence-corrected chi connectivity index (χ2v) is 17.9. The zero-order valence-corrected chi connectivity index (χ0v) is 31.8. The van der Waals surface area contributed by atoms with Gasteiger partial charge in [0.1, 0.15) is 11.6 Å². The zero-order chi connectivity index (χ0) is 39.7. The van der Waals surface area contributed by atoms with E-state index in [2.05, 4.69) is 45.8 Å². The molecule has 0 unspecified atom stereocenters. The minimum absolute atomic E-state index is 0.00390. The Kier molecular flexibility index (Phi) is 11.8. The molecule has 6 aromatic rings. The molecule has 0 bridgehead atoms. The molecule has 292 valence electrons. The van der Waals surface area contributed by atoms with E-state index >= 15 is 0 Å². The minimum atomic E-state index is -3.36. The van der Waals surface area contributed by atoms with Gasteiger partial charge in [0.2, 0.25) is 19.1 Å². The van der Waals surface area contributed by atoms with Crippen molar-refractivity contribution >= 4 is 51.8 Å². The molecule has 2 aliphatic rings. The SMILES string of the molecule is CCS(=O)(=O)Cl.CCS(=O)(=O)NCc1cc(-c2nc3cc(F)c(F)cc3n2C2CC2)cnn1.NCc1cc(-c2nc3cc(F)c(F)cc3n2C2CC2)cnn1. The van der Waals surface area contributed by atoms with Crippen LogP contribution in [0.2, 0.25) is 0 Å². The average molecular weight is 823 g/mol. The van der Waals surface area contributed by atoms with Gasteiger partial charge in [-0.1, -0.05) is 6.92 Å². The van der Waals surface area contributed by atoms with Gasteiger partial charge in [0.05, 0.1) is 63.9 Å². The molecule has 0 aliphatic heterocycles. The third kappa shape index (κ3) is 9.61. The van der Waals surface area contributed by atoms with Gasteiger partial charge in [-0.15, -0.1) is 0 Å². The molecule has 2 fully saturated rings. The van der Waals surface area contributed by atoms with Crippen molar-refractivity contribution in [2.75, 3.05) is 11.5 Å². The lowest BCUT2D eigenvalue weighted by atomic mass is 10.2. The molecule has 14 nitrogen and oxygen atoms in total. The molecule has 4 heterocycles. The van der Waals surface area contributed by atoms with Crippen LogP contribution in [0.3, 0.4) is 0 Å². The van der Waals surface area contributed by atoms with Crippen LogP contribution in [-0.4, -0.2) is 67.8 Å². The van der Waals surface area contributed by atoms with E-state index < -0.39 is 42.3 Å². The summed E-state index contributed by atoms with van der Waals surface area (Å²) >= 11 is 0. The highest BCUT2D eigenvalue weighted by Crippen LogP contribution is 2.42. The Morgan fingerprint density at radius 1 is 0.709 bits per heavy atom. The van der Waals surface area contributed by atoms with Crippen LogP contribution in [0.5, 0.6) is 0 Å². The highest BCUT2D eigenvalue weighted by atomic mass is 35.7. The molecule has 2 aliphatic carbocycles. The van der Waals surface area contributed by atoms with Crippen LogP contribution in [0.1, 0.15) is 63.0 Å². The lowest BCUT2D eigenvalue weighted by Crippen LogP contribution is -2.25. The van der Waals surface area contributed by atoms with Crippen LogP contribution < -0.4 is 10.5 Å². The Labute approximate surface area is 317 Å². The minimum Gasteiger partial charge on any atom is -0.325 e. The first-order valence-electron chi connectivity index (χ1n) is 17.1. The Balaban J connectivity index is 0.000000166. The monoisotopic (exact) mass is 822 g/mol. The molecule has 2 saturated carbocycles. The van der Waals surface area contributed by atoms with Crippen molar-refractivity contribution in [1.29, 1.82) is 0 Å². The van der Waals surface area contributed by atoms with Gasteiger partial charge in [0.15, 0.2) is 23.3 Å². The maximum Gasteiger partial charge on any atom is 0.232 e. The topological polar surface area (TPSA) is 194 Å². The van der Waals surface area contributed by atoms with Crippen LogP contribution in [-0.2, 0) is 32.2 Å². The number of fused-ring (bicyclic) bond motifs is 2. The average Bonchev–Trinajstić information content (AvgIpc) is 4.11. The van der Waals surface area contributed by atoms with Gasteiger partial charge in [-0.3, -0.25) is 0 Å². The van der Waals surface area contributed by atoms with Crippen molar-refractivity contribution in [3.8, 4) is 22.8 Å². The van der Waals surface area contributed by atoms with E-state index in [1.165, 1.54) is 19.2 Å². The van der Waals surface area contributed by atoms with Gasteiger partial charge in [-0.05, 0) is 44.7 Å². The zero-order valence-electron chi connectivity index (χ0n) is 29.4. The van der Waals surface area contributed by atoms with Crippen LogP contribution in [0.25, 0.3) is 44.8 Å². The van der Waals surface area contributed by atoms with Crippen molar-refractivity contribution in [2.45, 2.75) is 64.7 Å². The summed E-state index contributed by atoms with van der Waals surface area (Å²) in [4.78, 5) is 8.93. The molecule has 0 radical (unpaired) electrons. The number of nitrogens with two attached hydrogens (primary N) is 1. The fourth-order valence-corrected chi connectivity index (χ4v) is 6.10. The molecule has 3 N–H and O–H groups in total. The maximum absolute atomic E-state index is 13.7. The number of benzene rings is 2. The van der Waals surface area contributed by atoms with Crippen molar-refractivity contribution in [3.63, 3.8) is 0 Å². The van der Waals surface area contributed by atoms with E-state index in [4.69, 9.17) is 5.73 Å². The number of halogens is 5. The number of aromatic nitrogens is 8. The Morgan fingerprint density at radius 3 is 1.53 bits per heavy atom. The predicted molar refractivity (Wildman–Crippen MR) is 197 cm³/mol. The van der Waals surface area contributed by atoms with Crippen molar-refractivity contribution in [3.05, 3.63) is 83.4 Å². The van der Waals surface area contributed by atoms with E-state index in [-0.39, 0.29) is 36.7 Å². The molecular weight excluding hydrogens is 788 g/mol. The van der Waals surface area contributed by atoms with E-state index in [1.54, 1.807) is 25.3 Å². The lowest BCUT2D eigenvalue weighted by Gasteiger charge is -2.09. The molecule has 2 aromatic carbocycles. The van der Waals surface area contributed by atoms with Crippen molar-refractivity contribution in [1.82, 2.24) is 44.2 Å². The van der Waals surface area contributed by atoms with Crippen molar-refractivity contribution < 1.29 is 34.4 Å². The van der Waals surface area contributed by atoms with E-state index in [1.807, 2.05) is 9.13 Å². The van der Waals surface area contributed by atoms with Gasteiger partial charge in [0, 0.05) is 64.7 Å². The summed E-state index contributed by atoms with van der Waals surface area (Å²) in [6, 6.07) is 8.49. The van der Waals surface area contributed by atoms with E-state index in [9.17, 15) is 34.4 Å². The summed E-state index contributed by atoms with van der Waals surface area (Å²) in [5.41, 5.74) is 9.95. The smallest absolute Gasteiger partial charge is 0.232 e. The van der Waals surface area contributed by atoms with E-state index in [0.717, 1.165) is 49.4 Å². The number of nitrogens with one attached hydrogen (secondary N) is 1. The van der Waals surface area contributed by atoms with Gasteiger partial charge in [0.25, 0.3) is 0 Å². The molecule has 55 heavy (non-hydrogen) atoms. The van der Waals surface area contributed by atoms with Gasteiger partial charge >= 0.3 is 0 Å². The van der Waals surface area contributed by atoms with Gasteiger partial charge in [-0.25, -0.2) is 49.1 Å². The highest BCUT2D eigenvalue weighted by Gasteiger charge is 2.31. The molecule has 4 aromatic heterocycles. The molecule has 8 rings (SSSR count). The standard InChI is InChI=1S/C17H17F2N5O2S.C15H13F2N5.C2H5ClO2S/c1-2-27(25,26)21-9-11-5-10(8-20-23-11)17-22-15-6-13(18)14(19)7-16(15)24(17)12-3-4-12;16-11-4-13-14(5-12(11)17)22(10-1-2-10)15(20-13)8-3-9(6-18)21-19-7-8;1-2-6(3,4)5/h5-8,12,21H,2-4,9H2,1H3;3-5,7,10H,1-2,6,18H2;2H2,1H3. The second-order valence-electron chi connectivity index (χ2n) is 12.7. The number of hydrogen-bond acceptors (Lipinski definition) is 11. The van der Waals surface area contributed by atoms with Gasteiger partial charge in [-0.2, -0.15) is 20.4 Å². The number of imidazole rings is 2. The van der Waals surface area contributed by atoms with Crippen LogP contribution in [0.15, 0.2) is 48.8 Å². The van der Waals surface area contributed by atoms with E-state index in [0.29, 0.717) is 50.7 Å². The Bertz CT molecular complexity index is 2600. The van der Waals surface area contributed by atoms with Crippen LogP contribution >= 0.6 is 10.7 Å². The lowest BCUT2D eigenvalue weighted by molar-refractivity contribution is 0.510. The summed E-state index contributed by atoms with van der Waals surface area (Å²) in [5, 5.41) is 15.7. The van der Waals surface area contributed by atoms with Crippen LogP contribution in [0, 0.1) is 23.3 Å². The number of nitrogens with zero attached hydrogens (tertiary/aromatic N) is 8. The summed E-state index contributed by atoms with van der Waals surface area (Å²) < 4.78 is 103. The van der Waals surface area contributed by atoms with Crippen molar-refractivity contribution in [2.24, 2.45) is 5.73 Å². The fourth-order valence-electron chi connectivity index (χ4n) is 5.53. The highest BCUT2D eigenvalue weighted by molar-refractivity contribution is 8.13. The molecule has 21 heteroatoms. The molecule has 0 saturated heterocycles.